The minimum absolute atomic E-state index is 0.0856. The Balaban J connectivity index is 1.27. The highest BCUT2D eigenvalue weighted by Gasteiger charge is 2.51. The highest BCUT2D eigenvalue weighted by molar-refractivity contribution is 6.42. The van der Waals surface area contributed by atoms with E-state index in [1.165, 1.54) is 12.4 Å². The van der Waals surface area contributed by atoms with Crippen LogP contribution in [0.5, 0.6) is 5.75 Å². The van der Waals surface area contributed by atoms with Crippen molar-refractivity contribution in [2.75, 3.05) is 53.9 Å². The van der Waals surface area contributed by atoms with Gasteiger partial charge < -0.3 is 20.3 Å². The fourth-order valence-electron chi connectivity index (χ4n) is 5.73. The van der Waals surface area contributed by atoms with E-state index in [1.807, 2.05) is 24.3 Å². The summed E-state index contributed by atoms with van der Waals surface area (Å²) in [6.07, 6.45) is 3.50. The molecule has 41 heavy (non-hydrogen) atoms. The van der Waals surface area contributed by atoms with Crippen LogP contribution >= 0.6 is 23.2 Å². The van der Waals surface area contributed by atoms with Gasteiger partial charge in [-0.2, -0.15) is 0 Å². The molecule has 3 aliphatic heterocycles. The number of likely N-dealkylation sites (N-methyl/N-ethyl adjacent to an activating group) is 1. The lowest BCUT2D eigenvalue weighted by molar-refractivity contribution is -0.111. The van der Waals surface area contributed by atoms with Gasteiger partial charge in [0.1, 0.15) is 17.9 Å². The van der Waals surface area contributed by atoms with E-state index in [0.29, 0.717) is 57.5 Å². The minimum Gasteiger partial charge on any atom is -0.494 e. The van der Waals surface area contributed by atoms with Gasteiger partial charge in [-0.3, -0.25) is 14.5 Å². The van der Waals surface area contributed by atoms with Crippen LogP contribution in [0.3, 0.4) is 0 Å². The molecule has 3 aromatic rings. The average Bonchev–Trinajstić information content (AvgIpc) is 3.46. The Labute approximate surface area is 248 Å². The smallest absolute Gasteiger partial charge is 0.247 e. The maximum Gasteiger partial charge on any atom is 0.247 e. The summed E-state index contributed by atoms with van der Waals surface area (Å²) in [7, 11) is 1.62. The number of likely N-dealkylation sites (tertiary alicyclic amines) is 1. The molecule has 2 N–H and O–H groups in total. The lowest BCUT2D eigenvalue weighted by Gasteiger charge is -2.63. The number of nitrogens with one attached hydrogen (secondary N) is 2. The van der Waals surface area contributed by atoms with Gasteiger partial charge in [0, 0.05) is 37.7 Å². The number of benzene rings is 2. The van der Waals surface area contributed by atoms with E-state index < -0.39 is 0 Å². The number of ether oxygens (including phenoxy) is 1. The van der Waals surface area contributed by atoms with E-state index in [9.17, 15) is 4.79 Å². The molecule has 2 aromatic carbocycles. The summed E-state index contributed by atoms with van der Waals surface area (Å²) in [6.45, 7) is 9.27. The SMILES string of the molecule is C=CC(=O)Nc1cc(Nc2cc(N3OCC[C@@H]3c3ccc(Cl)c(Cl)c3)ncn2)c(OC)cc1N1CC2C1CN2CC. The number of rotatable bonds is 9. The van der Waals surface area contributed by atoms with Gasteiger partial charge in [-0.15, -0.1) is 0 Å². The topological polar surface area (TPSA) is 95.1 Å². The maximum atomic E-state index is 12.4. The summed E-state index contributed by atoms with van der Waals surface area (Å²) in [6, 6.07) is 12.1. The summed E-state index contributed by atoms with van der Waals surface area (Å²) in [5, 5.41) is 9.07. The van der Waals surface area contributed by atoms with Crippen LogP contribution in [-0.2, 0) is 9.63 Å². The average molecular weight is 597 g/mol. The van der Waals surface area contributed by atoms with Crippen LogP contribution < -0.4 is 25.3 Å². The Hall–Kier alpha value is -3.57. The number of hydrogen-bond acceptors (Lipinski definition) is 9. The van der Waals surface area contributed by atoms with Gasteiger partial charge in [-0.25, -0.2) is 15.0 Å². The van der Waals surface area contributed by atoms with Crippen molar-refractivity contribution >= 4 is 57.8 Å². The van der Waals surface area contributed by atoms with Gasteiger partial charge >= 0.3 is 0 Å². The minimum atomic E-state index is -0.285. The van der Waals surface area contributed by atoms with Crippen molar-refractivity contribution in [1.82, 2.24) is 14.9 Å². The third-order valence-corrected chi connectivity index (χ3v) is 8.71. The van der Waals surface area contributed by atoms with Gasteiger partial charge in [-0.1, -0.05) is 42.8 Å². The Kier molecular flexibility index (Phi) is 7.65. The van der Waals surface area contributed by atoms with Gasteiger partial charge in [0.05, 0.1) is 52.9 Å². The number of methoxy groups -OCH3 is 1. The first-order chi connectivity index (χ1) is 19.9. The number of aromatic nitrogens is 2. The number of halogens is 2. The number of carbonyl (C=O) groups excluding carboxylic acids is 1. The number of amides is 1. The predicted molar refractivity (Wildman–Crippen MR) is 162 cm³/mol. The van der Waals surface area contributed by atoms with Gasteiger partial charge in [0.25, 0.3) is 0 Å². The molecule has 3 saturated heterocycles. The lowest BCUT2D eigenvalue weighted by Crippen LogP contribution is -2.79. The highest BCUT2D eigenvalue weighted by atomic mass is 35.5. The monoisotopic (exact) mass is 595 g/mol. The van der Waals surface area contributed by atoms with Crippen LogP contribution in [0.4, 0.5) is 28.7 Å². The van der Waals surface area contributed by atoms with Gasteiger partial charge in [-0.05, 0) is 36.4 Å². The van der Waals surface area contributed by atoms with Crippen LogP contribution in [0.15, 0.2) is 55.4 Å². The molecule has 3 fully saturated rings. The number of hydroxylamine groups is 1. The largest absolute Gasteiger partial charge is 0.494 e. The first-order valence-corrected chi connectivity index (χ1v) is 14.3. The molecule has 1 aromatic heterocycles. The molecule has 0 spiro atoms. The second-order valence-corrected chi connectivity index (χ2v) is 11.0. The van der Waals surface area contributed by atoms with Crippen molar-refractivity contribution in [2.45, 2.75) is 31.5 Å². The molecule has 0 aliphatic carbocycles. The molecular formula is C29H31Cl2N7O3. The van der Waals surface area contributed by atoms with Crippen LogP contribution in [0.1, 0.15) is 24.9 Å². The molecule has 214 valence electrons. The molecule has 3 atom stereocenters. The number of piperazine rings is 1. The van der Waals surface area contributed by atoms with E-state index in [0.717, 1.165) is 37.3 Å². The third kappa shape index (κ3) is 5.17. The van der Waals surface area contributed by atoms with E-state index in [1.54, 1.807) is 24.3 Å². The Morgan fingerprint density at radius 3 is 2.71 bits per heavy atom. The zero-order valence-electron chi connectivity index (χ0n) is 22.8. The summed E-state index contributed by atoms with van der Waals surface area (Å²) in [5.41, 5.74) is 3.21. The Bertz CT molecular complexity index is 1490. The van der Waals surface area contributed by atoms with E-state index >= 15 is 0 Å². The molecule has 4 heterocycles. The molecule has 1 amide bonds. The lowest BCUT2D eigenvalue weighted by atomic mass is 9.84. The van der Waals surface area contributed by atoms with Crippen LogP contribution in [0.2, 0.25) is 10.0 Å². The van der Waals surface area contributed by atoms with E-state index in [-0.39, 0.29) is 11.9 Å². The zero-order valence-corrected chi connectivity index (χ0v) is 24.3. The summed E-state index contributed by atoms with van der Waals surface area (Å²) in [4.78, 5) is 32.0. The standard InChI is InChI=1S/C29H31Cl2N7O3/c1-4-29(39)35-20-11-21(26(40-3)12-23(20)37-15-24-25(37)14-36(24)5-2)34-27-13-28(33-16-32-27)38-22(8-9-41-38)17-6-7-18(30)19(31)10-17/h4,6-7,10-13,16,22,24-25H,1,5,8-9,14-15H2,2-3H3,(H,35,39)(H,32,33,34)/t22-,24?,25?/m1/s1. The summed E-state index contributed by atoms with van der Waals surface area (Å²) >= 11 is 12.4. The highest BCUT2D eigenvalue weighted by Crippen LogP contribution is 2.45. The fraction of sp³-hybridized carbons (Fsp3) is 0.345. The predicted octanol–water partition coefficient (Wildman–Crippen LogP) is 5.44. The quantitative estimate of drug-likeness (QED) is 0.314. The van der Waals surface area contributed by atoms with E-state index in [2.05, 4.69) is 43.9 Å². The number of anilines is 5. The number of fused-ring (bicyclic) bond motifs is 1. The van der Waals surface area contributed by atoms with Crippen molar-refractivity contribution in [3.05, 3.63) is 71.0 Å². The molecule has 10 nitrogen and oxygen atoms in total. The maximum absolute atomic E-state index is 12.4. The van der Waals surface area contributed by atoms with E-state index in [4.69, 9.17) is 32.8 Å². The Morgan fingerprint density at radius 1 is 1.15 bits per heavy atom. The van der Waals surface area contributed by atoms with Crippen molar-refractivity contribution in [1.29, 1.82) is 0 Å². The molecule has 6 rings (SSSR count). The fourth-order valence-corrected chi connectivity index (χ4v) is 6.04. The van der Waals surface area contributed by atoms with Crippen molar-refractivity contribution in [3.63, 3.8) is 0 Å². The van der Waals surface area contributed by atoms with Crippen molar-refractivity contribution < 1.29 is 14.4 Å². The molecule has 0 bridgehead atoms. The normalized spacial score (nSPS) is 21.5. The van der Waals surface area contributed by atoms with Gasteiger partial charge in [0.2, 0.25) is 5.91 Å². The number of nitrogens with zero attached hydrogens (tertiary/aromatic N) is 5. The first-order valence-electron chi connectivity index (χ1n) is 13.5. The number of carbonyl (C=O) groups is 1. The van der Waals surface area contributed by atoms with Crippen LogP contribution in [-0.4, -0.2) is 66.2 Å². The van der Waals surface area contributed by atoms with Crippen molar-refractivity contribution in [2.24, 2.45) is 0 Å². The second kappa shape index (κ2) is 11.4. The molecule has 0 radical (unpaired) electrons. The first kappa shape index (κ1) is 27.6. The molecule has 0 saturated carbocycles. The van der Waals surface area contributed by atoms with Gasteiger partial charge in [0.15, 0.2) is 5.82 Å². The van der Waals surface area contributed by atoms with Crippen molar-refractivity contribution in [3.8, 4) is 5.75 Å². The molecule has 2 unspecified atom stereocenters. The number of hydrogen-bond donors (Lipinski definition) is 2. The molecular weight excluding hydrogens is 565 g/mol. The summed E-state index contributed by atoms with van der Waals surface area (Å²) < 4.78 is 5.78. The third-order valence-electron chi connectivity index (χ3n) is 7.97. The van der Waals surface area contributed by atoms with Crippen LogP contribution in [0, 0.1) is 0 Å². The molecule has 12 heteroatoms. The summed E-state index contributed by atoms with van der Waals surface area (Å²) in [5.74, 6) is 1.46. The second-order valence-electron chi connectivity index (χ2n) is 10.2. The zero-order chi connectivity index (χ0) is 28.7. The molecule has 3 aliphatic rings. The Morgan fingerprint density at radius 2 is 2.00 bits per heavy atom. The van der Waals surface area contributed by atoms with Crippen LogP contribution in [0.25, 0.3) is 0 Å².